The third-order valence-electron chi connectivity index (χ3n) is 8.54. The Hall–Kier alpha value is -3.93. The summed E-state index contributed by atoms with van der Waals surface area (Å²) < 4.78 is 21.6. The number of aliphatic hydroxyl groups is 1. The number of rotatable bonds is 8. The average molecular weight is 636 g/mol. The van der Waals surface area contributed by atoms with Crippen molar-refractivity contribution in [2.45, 2.75) is 83.2 Å². The zero-order chi connectivity index (χ0) is 32.0. The number of nitrogens with one attached hydrogen (secondary N) is 1. The number of nitrogens with zero attached hydrogens (tertiary/aromatic N) is 4. The van der Waals surface area contributed by atoms with E-state index < -0.39 is 23.7 Å². The van der Waals surface area contributed by atoms with E-state index in [1.54, 1.807) is 41.5 Å². The molecule has 1 aliphatic heterocycles. The van der Waals surface area contributed by atoms with E-state index in [0.29, 0.717) is 53.4 Å². The molecule has 11 nitrogen and oxygen atoms in total. The first-order valence-corrected chi connectivity index (χ1v) is 15.7. The highest BCUT2D eigenvalue weighted by atomic mass is 35.5. The number of carbonyl (C=O) groups excluding carboxylic acids is 1. The molecule has 12 heteroatoms. The van der Waals surface area contributed by atoms with Crippen molar-refractivity contribution in [2.24, 2.45) is 13.0 Å². The van der Waals surface area contributed by atoms with Gasteiger partial charge in [-0.1, -0.05) is 36.7 Å². The zero-order valence-corrected chi connectivity index (χ0v) is 26.7. The molecular weight excluding hydrogens is 598 g/mol. The normalized spacial score (nSPS) is 24.8. The summed E-state index contributed by atoms with van der Waals surface area (Å²) in [6.07, 6.45) is 0.644. The predicted molar refractivity (Wildman–Crippen MR) is 169 cm³/mol. The Morgan fingerprint density at radius 3 is 2.58 bits per heavy atom. The Kier molecular flexibility index (Phi) is 8.36. The first-order chi connectivity index (χ1) is 21.4. The highest BCUT2D eigenvalue weighted by Crippen LogP contribution is 2.46. The van der Waals surface area contributed by atoms with Gasteiger partial charge in [-0.05, 0) is 82.7 Å². The van der Waals surface area contributed by atoms with E-state index in [1.807, 2.05) is 51.1 Å². The molecule has 45 heavy (non-hydrogen) atoms. The summed E-state index contributed by atoms with van der Waals surface area (Å²) in [5.41, 5.74) is 0.945. The van der Waals surface area contributed by atoms with E-state index in [9.17, 15) is 14.7 Å². The molecule has 4 aromatic rings. The minimum atomic E-state index is -0.868. The molecule has 1 saturated heterocycles. The summed E-state index contributed by atoms with van der Waals surface area (Å²) in [5.74, 6) is 0.392. The van der Waals surface area contributed by atoms with Crippen LogP contribution >= 0.6 is 11.6 Å². The summed E-state index contributed by atoms with van der Waals surface area (Å²) in [7, 11) is 1.80. The van der Waals surface area contributed by atoms with E-state index in [-0.39, 0.29) is 41.0 Å². The second kappa shape index (κ2) is 12.1. The molecule has 2 aromatic heterocycles. The molecule has 1 saturated carbocycles. The van der Waals surface area contributed by atoms with Crippen LogP contribution in [0.15, 0.2) is 57.7 Å². The molecule has 0 bridgehead atoms. The van der Waals surface area contributed by atoms with Crippen LogP contribution < -0.4 is 15.6 Å². The summed E-state index contributed by atoms with van der Waals surface area (Å²) in [4.78, 5) is 27.7. The van der Waals surface area contributed by atoms with Crippen molar-refractivity contribution in [3.05, 3.63) is 75.5 Å². The largest absolute Gasteiger partial charge is 0.490 e. The van der Waals surface area contributed by atoms with Crippen LogP contribution in [-0.4, -0.2) is 48.4 Å². The maximum atomic E-state index is 13.8. The molecule has 238 valence electrons. The number of carbonyl (C=O) groups is 1. The lowest BCUT2D eigenvalue weighted by Gasteiger charge is -2.41. The molecule has 2 aromatic carbocycles. The number of para-hydroxylation sites is 1. The van der Waals surface area contributed by atoms with Gasteiger partial charge in [-0.25, -0.2) is 4.68 Å². The van der Waals surface area contributed by atoms with Crippen LogP contribution in [0.1, 0.15) is 77.0 Å². The van der Waals surface area contributed by atoms with Gasteiger partial charge in [0.25, 0.3) is 17.4 Å². The monoisotopic (exact) mass is 635 g/mol. The van der Waals surface area contributed by atoms with Crippen LogP contribution in [0.2, 0.25) is 5.02 Å². The lowest BCUT2D eigenvalue weighted by Crippen LogP contribution is -2.42. The van der Waals surface area contributed by atoms with Gasteiger partial charge in [0, 0.05) is 18.0 Å². The van der Waals surface area contributed by atoms with Crippen LogP contribution in [0, 0.1) is 5.92 Å². The fraction of sp³-hybridized carbons (Fsp3) is 0.455. The van der Waals surface area contributed by atoms with Crippen molar-refractivity contribution in [2.75, 3.05) is 5.32 Å². The van der Waals surface area contributed by atoms with E-state index in [0.717, 1.165) is 0 Å². The van der Waals surface area contributed by atoms with Crippen molar-refractivity contribution in [1.82, 2.24) is 19.6 Å². The first-order valence-electron chi connectivity index (χ1n) is 15.3. The lowest BCUT2D eigenvalue weighted by molar-refractivity contribution is -0.145. The molecular formula is C33H38ClN5O6. The Morgan fingerprint density at radius 2 is 1.89 bits per heavy atom. The number of halogens is 1. The molecule has 1 amide bonds. The number of hydrogen-bond donors (Lipinski definition) is 2. The third kappa shape index (κ3) is 6.16. The number of ether oxygens (including phenoxy) is 2. The summed E-state index contributed by atoms with van der Waals surface area (Å²) in [6, 6.07) is 14.5. The van der Waals surface area contributed by atoms with Gasteiger partial charge in [0.05, 0.1) is 28.6 Å². The van der Waals surface area contributed by atoms with Gasteiger partial charge in [0.15, 0.2) is 0 Å². The predicted octanol–water partition coefficient (Wildman–Crippen LogP) is 5.79. The van der Waals surface area contributed by atoms with Gasteiger partial charge < -0.3 is 24.3 Å². The van der Waals surface area contributed by atoms with Crippen LogP contribution in [0.4, 0.5) is 5.69 Å². The van der Waals surface area contributed by atoms with Crippen molar-refractivity contribution < 1.29 is 23.8 Å². The number of anilines is 1. The summed E-state index contributed by atoms with van der Waals surface area (Å²) in [5, 5.41) is 22.4. The Bertz CT molecular complexity index is 1750. The molecule has 2 fully saturated rings. The van der Waals surface area contributed by atoms with E-state index in [1.165, 1.54) is 0 Å². The standard InChI is InChI=1S/C33H38ClN5O6/c1-18(2)43-24-14-12-21(34)15-23(24)30-36-37-31(45-30)25-13-11-19(3)28(44-25)29(40)35-26-27(20-16-33(4,42)17-20)38(5)39(32(26)41)22-9-7-6-8-10-22/h6-10,12,14-15,18-20,25,28,42H,11,13,16-17H2,1-5H3,(H,35,40)/t19-,20?,25+,28?,33?/m0/s1. The van der Waals surface area contributed by atoms with Gasteiger partial charge >= 0.3 is 0 Å². The van der Waals surface area contributed by atoms with Crippen molar-refractivity contribution in [3.63, 3.8) is 0 Å². The van der Waals surface area contributed by atoms with E-state index >= 15 is 0 Å². The molecule has 3 heterocycles. The van der Waals surface area contributed by atoms with E-state index in [2.05, 4.69) is 15.5 Å². The quantitative estimate of drug-likeness (QED) is 0.249. The minimum absolute atomic E-state index is 0.0749. The molecule has 0 spiro atoms. The lowest BCUT2D eigenvalue weighted by atomic mass is 9.70. The SMILES string of the molecule is CC(C)Oc1ccc(Cl)cc1-c1nnc([C@H]2CC[C@H](C)C(C(=O)Nc3c(C4CC(C)(O)C4)n(C)n(-c4ccccc4)c3=O)O2)o1. The molecule has 2 N–H and O–H groups in total. The topological polar surface area (TPSA) is 134 Å². The maximum absolute atomic E-state index is 13.8. The number of benzene rings is 2. The second-order valence-electron chi connectivity index (χ2n) is 12.7. The highest BCUT2D eigenvalue weighted by Gasteiger charge is 2.44. The van der Waals surface area contributed by atoms with Crippen molar-refractivity contribution in [3.8, 4) is 22.9 Å². The van der Waals surface area contributed by atoms with Crippen molar-refractivity contribution >= 4 is 23.2 Å². The van der Waals surface area contributed by atoms with Crippen LogP contribution in [0.25, 0.3) is 17.1 Å². The smallest absolute Gasteiger partial charge is 0.295 e. The highest BCUT2D eigenvalue weighted by molar-refractivity contribution is 6.30. The third-order valence-corrected chi connectivity index (χ3v) is 8.78. The Balaban J connectivity index is 1.26. The number of hydrogen-bond acceptors (Lipinski definition) is 8. The molecule has 1 unspecified atom stereocenters. The first kappa shape index (κ1) is 31.1. The fourth-order valence-electron chi connectivity index (χ4n) is 6.40. The van der Waals surface area contributed by atoms with Crippen LogP contribution in [-0.2, 0) is 16.6 Å². The minimum Gasteiger partial charge on any atom is -0.490 e. The fourth-order valence-corrected chi connectivity index (χ4v) is 6.57. The Labute approximate surface area is 266 Å². The van der Waals surface area contributed by atoms with Gasteiger partial charge in [0.1, 0.15) is 23.6 Å². The molecule has 0 radical (unpaired) electrons. The van der Waals surface area contributed by atoms with E-state index in [4.69, 9.17) is 25.5 Å². The number of amides is 1. The number of aromatic nitrogens is 4. The molecule has 3 atom stereocenters. The molecule has 1 aliphatic carbocycles. The zero-order valence-electron chi connectivity index (χ0n) is 26.0. The van der Waals surface area contributed by atoms with Crippen LogP contribution in [0.3, 0.4) is 0 Å². The van der Waals surface area contributed by atoms with Crippen LogP contribution in [0.5, 0.6) is 5.75 Å². The molecule has 2 aliphatic rings. The van der Waals surface area contributed by atoms with Gasteiger partial charge in [-0.3, -0.25) is 14.3 Å². The van der Waals surface area contributed by atoms with Gasteiger partial charge in [0.2, 0.25) is 5.89 Å². The van der Waals surface area contributed by atoms with Gasteiger partial charge in [-0.2, -0.15) is 0 Å². The summed E-state index contributed by atoms with van der Waals surface area (Å²) in [6.45, 7) is 7.56. The molecule has 6 rings (SSSR count). The maximum Gasteiger partial charge on any atom is 0.295 e. The average Bonchev–Trinajstić information content (AvgIpc) is 3.56. The Morgan fingerprint density at radius 1 is 1.16 bits per heavy atom. The van der Waals surface area contributed by atoms with Gasteiger partial charge in [-0.15, -0.1) is 10.2 Å². The van der Waals surface area contributed by atoms with Crippen molar-refractivity contribution in [1.29, 1.82) is 0 Å². The second-order valence-corrected chi connectivity index (χ2v) is 13.1. The summed E-state index contributed by atoms with van der Waals surface area (Å²) >= 11 is 6.26.